The summed E-state index contributed by atoms with van der Waals surface area (Å²) in [7, 11) is 0. The minimum Gasteiger partial charge on any atom is -0.491 e. The number of ether oxygens (including phenoxy) is 1. The van der Waals surface area contributed by atoms with E-state index in [4.69, 9.17) is 22.1 Å². The lowest BCUT2D eigenvalue weighted by Gasteiger charge is -2.15. The Bertz CT molecular complexity index is 425. The molecule has 0 spiro atoms. The maximum atomic E-state index is 13.0. The molecule has 2 N–H and O–H groups in total. The van der Waals surface area contributed by atoms with Crippen LogP contribution >= 0.6 is 11.6 Å². The topological polar surface area (TPSA) is 35.2 Å². The van der Waals surface area contributed by atoms with E-state index in [1.807, 2.05) is 6.07 Å². The summed E-state index contributed by atoms with van der Waals surface area (Å²) in [5.41, 5.74) is 6.39. The fourth-order valence-corrected chi connectivity index (χ4v) is 2.51. The second-order valence-corrected chi connectivity index (χ2v) is 5.12. The summed E-state index contributed by atoms with van der Waals surface area (Å²) in [6.45, 7) is 0.586. The van der Waals surface area contributed by atoms with Gasteiger partial charge in [0.05, 0.1) is 11.6 Å². The summed E-state index contributed by atoms with van der Waals surface area (Å²) < 4.78 is 31.7. The molecule has 0 saturated heterocycles. The second-order valence-electron chi connectivity index (χ2n) is 4.71. The van der Waals surface area contributed by atoms with Crippen molar-refractivity contribution in [2.24, 2.45) is 11.7 Å². The van der Waals surface area contributed by atoms with Gasteiger partial charge >= 0.3 is 0 Å². The van der Waals surface area contributed by atoms with Crippen LogP contribution in [0.4, 0.5) is 8.78 Å². The molecular formula is C13H16ClF2NO. The molecule has 1 aromatic rings. The van der Waals surface area contributed by atoms with E-state index in [-0.39, 0.29) is 25.4 Å². The first-order valence-corrected chi connectivity index (χ1v) is 6.38. The Morgan fingerprint density at radius 1 is 1.44 bits per heavy atom. The van der Waals surface area contributed by atoms with E-state index in [2.05, 4.69) is 0 Å². The summed E-state index contributed by atoms with van der Waals surface area (Å²) in [5.74, 6) is -2.12. The third-order valence-electron chi connectivity index (χ3n) is 3.24. The normalized spacial score (nSPS) is 22.1. The number of hydrogen-bond donors (Lipinski definition) is 1. The minimum atomic E-state index is -2.54. The van der Waals surface area contributed by atoms with Gasteiger partial charge in [-0.1, -0.05) is 23.7 Å². The maximum Gasteiger partial charge on any atom is 0.248 e. The summed E-state index contributed by atoms with van der Waals surface area (Å²) in [6, 6.07) is 5.32. The number of para-hydroxylation sites is 1. The van der Waals surface area contributed by atoms with Gasteiger partial charge in [0.1, 0.15) is 5.75 Å². The third-order valence-corrected chi connectivity index (χ3v) is 3.54. The van der Waals surface area contributed by atoms with E-state index in [0.29, 0.717) is 23.7 Å². The van der Waals surface area contributed by atoms with Gasteiger partial charge in [0.15, 0.2) is 0 Å². The molecule has 1 aromatic carbocycles. The van der Waals surface area contributed by atoms with Gasteiger partial charge in [0, 0.05) is 24.9 Å². The molecule has 1 fully saturated rings. The zero-order valence-corrected chi connectivity index (χ0v) is 10.7. The van der Waals surface area contributed by atoms with E-state index in [9.17, 15) is 8.78 Å². The number of nitrogens with two attached hydrogens (primary N) is 1. The van der Waals surface area contributed by atoms with Crippen LogP contribution in [-0.2, 0) is 6.54 Å². The van der Waals surface area contributed by atoms with Gasteiger partial charge in [0.25, 0.3) is 0 Å². The minimum absolute atomic E-state index is 0.0483. The standard InChI is InChI=1S/C13H16ClF2NO/c14-11-3-1-2-10(7-17)12(11)18-8-9-4-5-13(15,16)6-9/h1-3,9H,4-8,17H2. The van der Waals surface area contributed by atoms with Gasteiger partial charge in [-0.2, -0.15) is 0 Å². The van der Waals surface area contributed by atoms with Crippen molar-refractivity contribution in [2.45, 2.75) is 31.7 Å². The molecule has 2 rings (SSSR count). The van der Waals surface area contributed by atoms with Crippen molar-refractivity contribution in [3.8, 4) is 5.75 Å². The molecule has 0 amide bonds. The molecule has 0 aromatic heterocycles. The Kier molecular flexibility index (Phi) is 4.07. The van der Waals surface area contributed by atoms with Crippen LogP contribution in [-0.4, -0.2) is 12.5 Å². The van der Waals surface area contributed by atoms with Crippen molar-refractivity contribution in [1.29, 1.82) is 0 Å². The highest BCUT2D eigenvalue weighted by Crippen LogP contribution is 2.39. The van der Waals surface area contributed by atoms with Crippen LogP contribution in [0.1, 0.15) is 24.8 Å². The molecule has 1 unspecified atom stereocenters. The number of halogens is 3. The average molecular weight is 276 g/mol. The Morgan fingerprint density at radius 3 is 2.83 bits per heavy atom. The lowest BCUT2D eigenvalue weighted by atomic mass is 10.1. The third kappa shape index (κ3) is 3.12. The Hall–Kier alpha value is -0.870. The predicted molar refractivity (Wildman–Crippen MR) is 67.1 cm³/mol. The van der Waals surface area contributed by atoms with Crippen LogP contribution in [0.2, 0.25) is 5.02 Å². The van der Waals surface area contributed by atoms with Crippen LogP contribution in [0.25, 0.3) is 0 Å². The van der Waals surface area contributed by atoms with Crippen molar-refractivity contribution in [2.75, 3.05) is 6.61 Å². The molecule has 100 valence electrons. The van der Waals surface area contributed by atoms with E-state index in [1.54, 1.807) is 12.1 Å². The van der Waals surface area contributed by atoms with Gasteiger partial charge in [-0.05, 0) is 18.4 Å². The van der Waals surface area contributed by atoms with E-state index in [0.717, 1.165) is 5.56 Å². The molecule has 0 bridgehead atoms. The molecule has 5 heteroatoms. The summed E-state index contributed by atoms with van der Waals surface area (Å²) in [4.78, 5) is 0. The molecule has 0 heterocycles. The van der Waals surface area contributed by atoms with Crippen LogP contribution in [0.3, 0.4) is 0 Å². The monoisotopic (exact) mass is 275 g/mol. The first kappa shape index (κ1) is 13.6. The fourth-order valence-electron chi connectivity index (χ4n) is 2.26. The summed E-state index contributed by atoms with van der Waals surface area (Å²) >= 11 is 6.02. The smallest absolute Gasteiger partial charge is 0.248 e. The van der Waals surface area contributed by atoms with E-state index >= 15 is 0 Å². The average Bonchev–Trinajstić information content (AvgIpc) is 2.67. The highest BCUT2D eigenvalue weighted by atomic mass is 35.5. The largest absolute Gasteiger partial charge is 0.491 e. The molecular weight excluding hydrogens is 260 g/mol. The van der Waals surface area contributed by atoms with Gasteiger partial charge < -0.3 is 10.5 Å². The number of benzene rings is 1. The summed E-state index contributed by atoms with van der Waals surface area (Å²) in [5, 5.41) is 0.475. The van der Waals surface area contributed by atoms with Crippen LogP contribution in [0.15, 0.2) is 18.2 Å². The highest BCUT2D eigenvalue weighted by Gasteiger charge is 2.39. The van der Waals surface area contributed by atoms with E-state index in [1.165, 1.54) is 0 Å². The van der Waals surface area contributed by atoms with Crippen molar-refractivity contribution < 1.29 is 13.5 Å². The maximum absolute atomic E-state index is 13.0. The molecule has 1 aliphatic rings. The number of rotatable bonds is 4. The molecule has 1 aliphatic carbocycles. The zero-order chi connectivity index (χ0) is 13.2. The van der Waals surface area contributed by atoms with Crippen LogP contribution in [0, 0.1) is 5.92 Å². The van der Waals surface area contributed by atoms with Gasteiger partial charge in [-0.25, -0.2) is 8.78 Å². The number of hydrogen-bond acceptors (Lipinski definition) is 2. The lowest BCUT2D eigenvalue weighted by molar-refractivity contribution is 0.00291. The Labute approximate surface area is 110 Å². The van der Waals surface area contributed by atoms with E-state index < -0.39 is 5.92 Å². The highest BCUT2D eigenvalue weighted by molar-refractivity contribution is 6.32. The molecule has 0 radical (unpaired) electrons. The SMILES string of the molecule is NCc1cccc(Cl)c1OCC1CCC(F)(F)C1. The zero-order valence-electron chi connectivity index (χ0n) is 9.96. The van der Waals surface area contributed by atoms with Crippen molar-refractivity contribution >= 4 is 11.6 Å². The van der Waals surface area contributed by atoms with Crippen molar-refractivity contribution in [3.63, 3.8) is 0 Å². The van der Waals surface area contributed by atoms with Crippen LogP contribution in [0.5, 0.6) is 5.75 Å². The van der Waals surface area contributed by atoms with Crippen molar-refractivity contribution in [1.82, 2.24) is 0 Å². The van der Waals surface area contributed by atoms with Gasteiger partial charge in [-0.15, -0.1) is 0 Å². The first-order chi connectivity index (χ1) is 8.52. The Morgan fingerprint density at radius 2 is 2.22 bits per heavy atom. The molecule has 1 saturated carbocycles. The van der Waals surface area contributed by atoms with Gasteiger partial charge in [0.2, 0.25) is 5.92 Å². The first-order valence-electron chi connectivity index (χ1n) is 6.00. The summed E-state index contributed by atoms with van der Waals surface area (Å²) in [6.07, 6.45) is 0.345. The molecule has 18 heavy (non-hydrogen) atoms. The fraction of sp³-hybridized carbons (Fsp3) is 0.538. The molecule has 1 atom stereocenters. The predicted octanol–water partition coefficient (Wildman–Crippen LogP) is 3.61. The Balaban J connectivity index is 1.98. The second kappa shape index (κ2) is 5.41. The number of alkyl halides is 2. The molecule has 2 nitrogen and oxygen atoms in total. The molecule has 0 aliphatic heterocycles. The van der Waals surface area contributed by atoms with Crippen LogP contribution < -0.4 is 10.5 Å². The van der Waals surface area contributed by atoms with Crippen molar-refractivity contribution in [3.05, 3.63) is 28.8 Å². The van der Waals surface area contributed by atoms with Gasteiger partial charge in [-0.3, -0.25) is 0 Å². The lowest BCUT2D eigenvalue weighted by Crippen LogP contribution is -2.14. The quantitative estimate of drug-likeness (QED) is 0.911.